The van der Waals surface area contributed by atoms with E-state index in [2.05, 4.69) is 18.7 Å². The van der Waals surface area contributed by atoms with Crippen LogP contribution in [0, 0.1) is 5.41 Å². The molecule has 0 radical (unpaired) electrons. The largest absolute Gasteiger partial charge is 0.481 e. The van der Waals surface area contributed by atoms with Crippen molar-refractivity contribution in [2.45, 2.75) is 39.5 Å². The summed E-state index contributed by atoms with van der Waals surface area (Å²) < 4.78 is 0. The van der Waals surface area contributed by atoms with Crippen molar-refractivity contribution in [1.29, 1.82) is 0 Å². The van der Waals surface area contributed by atoms with Gasteiger partial charge in [0.1, 0.15) is 0 Å². The zero-order chi connectivity index (χ0) is 10.6. The number of carboxylic acids is 1. The molecule has 0 bridgehead atoms. The molecule has 0 amide bonds. The summed E-state index contributed by atoms with van der Waals surface area (Å²) in [4.78, 5) is 12.7. The zero-order valence-corrected chi connectivity index (χ0v) is 9.25. The Hall–Kier alpha value is -0.570. The molecule has 0 atom stereocenters. The standard InChI is InChI=1S/C11H21NO2/c1-11(2)6-4-8-12(9-11)7-3-5-10(13)14/h3-9H2,1-2H3,(H,13,14). The lowest BCUT2D eigenvalue weighted by atomic mass is 9.84. The zero-order valence-electron chi connectivity index (χ0n) is 9.25. The molecular formula is C11H21NO2. The van der Waals surface area contributed by atoms with Crippen LogP contribution in [0.5, 0.6) is 0 Å². The van der Waals surface area contributed by atoms with Crippen LogP contribution in [0.4, 0.5) is 0 Å². The third kappa shape index (κ3) is 4.09. The molecule has 0 unspecified atom stereocenters. The van der Waals surface area contributed by atoms with Crippen LogP contribution in [-0.4, -0.2) is 35.6 Å². The predicted molar refractivity (Wildman–Crippen MR) is 56.3 cm³/mol. The van der Waals surface area contributed by atoms with E-state index in [4.69, 9.17) is 5.11 Å². The average Bonchev–Trinajstić information content (AvgIpc) is 2.01. The van der Waals surface area contributed by atoms with Crippen LogP contribution in [0.25, 0.3) is 0 Å². The number of rotatable bonds is 4. The van der Waals surface area contributed by atoms with Crippen molar-refractivity contribution in [3.8, 4) is 0 Å². The van der Waals surface area contributed by atoms with Gasteiger partial charge < -0.3 is 10.0 Å². The minimum Gasteiger partial charge on any atom is -0.481 e. The maximum absolute atomic E-state index is 10.3. The number of aliphatic carboxylic acids is 1. The first-order valence-electron chi connectivity index (χ1n) is 5.44. The van der Waals surface area contributed by atoms with E-state index < -0.39 is 5.97 Å². The highest BCUT2D eigenvalue weighted by Crippen LogP contribution is 2.28. The molecule has 1 aliphatic rings. The van der Waals surface area contributed by atoms with Crippen LogP contribution in [-0.2, 0) is 4.79 Å². The Morgan fingerprint density at radius 3 is 2.79 bits per heavy atom. The predicted octanol–water partition coefficient (Wildman–Crippen LogP) is 1.97. The van der Waals surface area contributed by atoms with Crippen molar-refractivity contribution in [1.82, 2.24) is 4.90 Å². The van der Waals surface area contributed by atoms with E-state index in [1.54, 1.807) is 0 Å². The number of piperidine rings is 1. The lowest BCUT2D eigenvalue weighted by Gasteiger charge is -2.38. The molecule has 1 heterocycles. The van der Waals surface area contributed by atoms with Gasteiger partial charge in [-0.25, -0.2) is 0 Å². The van der Waals surface area contributed by atoms with Gasteiger partial charge >= 0.3 is 5.97 Å². The smallest absolute Gasteiger partial charge is 0.303 e. The van der Waals surface area contributed by atoms with Crippen molar-refractivity contribution in [3.63, 3.8) is 0 Å². The highest BCUT2D eigenvalue weighted by atomic mass is 16.4. The van der Waals surface area contributed by atoms with Gasteiger partial charge in [0.2, 0.25) is 0 Å². The SMILES string of the molecule is CC1(C)CCCN(CCCC(=O)O)C1. The number of carboxylic acid groups (broad SMARTS) is 1. The number of nitrogens with zero attached hydrogens (tertiary/aromatic N) is 1. The van der Waals surface area contributed by atoms with E-state index in [1.165, 1.54) is 12.8 Å². The first-order chi connectivity index (χ1) is 6.49. The third-order valence-electron chi connectivity index (χ3n) is 2.84. The molecule has 14 heavy (non-hydrogen) atoms. The number of carbonyl (C=O) groups is 1. The fraction of sp³-hybridized carbons (Fsp3) is 0.909. The van der Waals surface area contributed by atoms with Crippen LogP contribution in [0.1, 0.15) is 39.5 Å². The molecule has 1 saturated heterocycles. The van der Waals surface area contributed by atoms with E-state index in [9.17, 15) is 4.79 Å². The monoisotopic (exact) mass is 199 g/mol. The van der Waals surface area contributed by atoms with E-state index in [-0.39, 0.29) is 0 Å². The van der Waals surface area contributed by atoms with Gasteiger partial charge in [0.25, 0.3) is 0 Å². The summed E-state index contributed by atoms with van der Waals surface area (Å²) in [6.45, 7) is 7.78. The lowest BCUT2D eigenvalue weighted by molar-refractivity contribution is -0.137. The molecule has 1 rings (SSSR count). The molecule has 0 aromatic rings. The minimum atomic E-state index is -0.679. The van der Waals surface area contributed by atoms with E-state index in [0.29, 0.717) is 11.8 Å². The second-order valence-electron chi connectivity index (χ2n) is 5.04. The van der Waals surface area contributed by atoms with Gasteiger partial charge in [0, 0.05) is 13.0 Å². The van der Waals surface area contributed by atoms with Crippen molar-refractivity contribution in [2.75, 3.05) is 19.6 Å². The van der Waals surface area contributed by atoms with Crippen molar-refractivity contribution >= 4 is 5.97 Å². The molecular weight excluding hydrogens is 178 g/mol. The highest BCUT2D eigenvalue weighted by Gasteiger charge is 2.25. The van der Waals surface area contributed by atoms with Crippen molar-refractivity contribution in [2.24, 2.45) is 5.41 Å². The normalized spacial score (nSPS) is 22.1. The third-order valence-corrected chi connectivity index (χ3v) is 2.84. The van der Waals surface area contributed by atoms with Gasteiger partial charge in [0.15, 0.2) is 0 Å². The number of likely N-dealkylation sites (tertiary alicyclic amines) is 1. The topological polar surface area (TPSA) is 40.5 Å². The molecule has 3 heteroatoms. The first kappa shape index (κ1) is 11.5. The van der Waals surface area contributed by atoms with Crippen molar-refractivity contribution in [3.05, 3.63) is 0 Å². The van der Waals surface area contributed by atoms with Gasteiger partial charge in [-0.2, -0.15) is 0 Å². The summed E-state index contributed by atoms with van der Waals surface area (Å²) >= 11 is 0. The molecule has 1 aliphatic heterocycles. The molecule has 0 aromatic carbocycles. The summed E-state index contributed by atoms with van der Waals surface area (Å²) in [7, 11) is 0. The maximum atomic E-state index is 10.3. The molecule has 1 fully saturated rings. The molecule has 82 valence electrons. The van der Waals surface area contributed by atoms with Gasteiger partial charge in [-0.3, -0.25) is 4.79 Å². The summed E-state index contributed by atoms with van der Waals surface area (Å²) in [6.07, 6.45) is 3.63. The average molecular weight is 199 g/mol. The van der Waals surface area contributed by atoms with Crippen LogP contribution in [0.3, 0.4) is 0 Å². The van der Waals surface area contributed by atoms with Gasteiger partial charge in [-0.1, -0.05) is 13.8 Å². The van der Waals surface area contributed by atoms with Gasteiger partial charge in [0.05, 0.1) is 0 Å². The quantitative estimate of drug-likeness (QED) is 0.752. The van der Waals surface area contributed by atoms with Crippen LogP contribution in [0.15, 0.2) is 0 Å². The molecule has 0 aliphatic carbocycles. The maximum Gasteiger partial charge on any atom is 0.303 e. The molecule has 3 nitrogen and oxygen atoms in total. The Morgan fingerprint density at radius 2 is 2.21 bits per heavy atom. The molecule has 0 saturated carbocycles. The summed E-state index contributed by atoms with van der Waals surface area (Å²) in [5, 5.41) is 8.53. The summed E-state index contributed by atoms with van der Waals surface area (Å²) in [6, 6.07) is 0. The van der Waals surface area contributed by atoms with E-state index in [1.807, 2.05) is 0 Å². The fourth-order valence-corrected chi connectivity index (χ4v) is 2.19. The van der Waals surface area contributed by atoms with Crippen LogP contribution < -0.4 is 0 Å². The Morgan fingerprint density at radius 1 is 1.50 bits per heavy atom. The van der Waals surface area contributed by atoms with Crippen LogP contribution in [0.2, 0.25) is 0 Å². The second-order valence-corrected chi connectivity index (χ2v) is 5.04. The first-order valence-corrected chi connectivity index (χ1v) is 5.44. The summed E-state index contributed by atoms with van der Waals surface area (Å²) in [5.74, 6) is -0.679. The Kier molecular flexibility index (Phi) is 3.93. The second kappa shape index (κ2) is 4.78. The van der Waals surface area contributed by atoms with Crippen molar-refractivity contribution < 1.29 is 9.90 Å². The highest BCUT2D eigenvalue weighted by molar-refractivity contribution is 5.66. The number of hydrogen-bond donors (Lipinski definition) is 1. The van der Waals surface area contributed by atoms with Gasteiger partial charge in [-0.15, -0.1) is 0 Å². The number of hydrogen-bond acceptors (Lipinski definition) is 2. The molecule has 0 spiro atoms. The van der Waals surface area contributed by atoms with E-state index >= 15 is 0 Å². The fourth-order valence-electron chi connectivity index (χ4n) is 2.19. The Labute approximate surface area is 86.1 Å². The lowest BCUT2D eigenvalue weighted by Crippen LogP contribution is -2.40. The Balaban J connectivity index is 2.21. The van der Waals surface area contributed by atoms with Gasteiger partial charge in [-0.05, 0) is 37.8 Å². The summed E-state index contributed by atoms with van der Waals surface area (Å²) in [5.41, 5.74) is 0.418. The Bertz CT molecular complexity index is 201. The molecule has 1 N–H and O–H groups in total. The van der Waals surface area contributed by atoms with E-state index in [0.717, 1.165) is 26.1 Å². The van der Waals surface area contributed by atoms with Crippen LogP contribution >= 0.6 is 0 Å². The molecule has 0 aromatic heterocycles. The minimum absolute atomic E-state index is 0.303.